The monoisotopic (exact) mass is 274 g/mol. The van der Waals surface area contributed by atoms with Gasteiger partial charge in [0.05, 0.1) is 0 Å². The molecule has 0 saturated carbocycles. The van der Waals surface area contributed by atoms with Gasteiger partial charge in [0.25, 0.3) is 0 Å². The van der Waals surface area contributed by atoms with Crippen molar-refractivity contribution in [2.45, 2.75) is 52.5 Å². The molecule has 0 aromatic heterocycles. The Kier molecular flexibility index (Phi) is 6.06. The second-order valence-corrected chi connectivity index (χ2v) is 5.94. The number of nitrogens with zero attached hydrogens (tertiary/aromatic N) is 1. The Morgan fingerprint density at radius 1 is 1.15 bits per heavy atom. The van der Waals surface area contributed by atoms with Gasteiger partial charge in [-0.15, -0.1) is 0 Å². The quantitative estimate of drug-likeness (QED) is 0.729. The average molecular weight is 274 g/mol. The lowest BCUT2D eigenvalue weighted by atomic mass is 10.0. The largest absolute Gasteiger partial charge is 0.310 e. The Morgan fingerprint density at radius 2 is 1.90 bits per heavy atom. The van der Waals surface area contributed by atoms with Crippen LogP contribution in [0.5, 0.6) is 0 Å². The van der Waals surface area contributed by atoms with Crippen molar-refractivity contribution in [3.8, 4) is 0 Å². The van der Waals surface area contributed by atoms with E-state index in [0.717, 1.165) is 19.6 Å². The van der Waals surface area contributed by atoms with E-state index in [-0.39, 0.29) is 0 Å². The minimum Gasteiger partial charge on any atom is -0.310 e. The molecule has 1 aromatic rings. The molecule has 0 aliphatic heterocycles. The summed E-state index contributed by atoms with van der Waals surface area (Å²) in [5.41, 5.74) is 4.61. The molecule has 1 aliphatic rings. The molecule has 0 amide bonds. The zero-order valence-corrected chi connectivity index (χ0v) is 13.4. The summed E-state index contributed by atoms with van der Waals surface area (Å²) in [6.45, 7) is 11.4. The molecule has 0 saturated heterocycles. The molecule has 2 nitrogen and oxygen atoms in total. The highest BCUT2D eigenvalue weighted by atomic mass is 15.1. The predicted molar refractivity (Wildman–Crippen MR) is 87.3 cm³/mol. The summed E-state index contributed by atoms with van der Waals surface area (Å²) in [4.78, 5) is 2.49. The molecule has 2 rings (SSSR count). The molecular weight excluding hydrogens is 244 g/mol. The van der Waals surface area contributed by atoms with E-state index in [0.29, 0.717) is 6.04 Å². The van der Waals surface area contributed by atoms with Gasteiger partial charge >= 0.3 is 0 Å². The molecule has 1 N–H and O–H groups in total. The van der Waals surface area contributed by atoms with E-state index in [1.165, 1.54) is 37.8 Å². The minimum atomic E-state index is 0.470. The standard InChI is InChI=1S/C18H30N2/c1-4-20(5-2)13-7-12-19-15(3)17-11-10-16-8-6-9-18(16)14-17/h10-11,14-15,19H,4-9,12-13H2,1-3H3. The van der Waals surface area contributed by atoms with Crippen LogP contribution in [0.25, 0.3) is 0 Å². The maximum atomic E-state index is 3.67. The van der Waals surface area contributed by atoms with E-state index in [9.17, 15) is 0 Å². The highest BCUT2D eigenvalue weighted by molar-refractivity contribution is 5.36. The molecule has 0 bridgehead atoms. The fourth-order valence-electron chi connectivity index (χ4n) is 3.14. The highest BCUT2D eigenvalue weighted by Gasteiger charge is 2.13. The molecule has 2 heteroatoms. The molecule has 0 heterocycles. The number of hydrogen-bond acceptors (Lipinski definition) is 2. The Morgan fingerprint density at radius 3 is 2.65 bits per heavy atom. The van der Waals surface area contributed by atoms with E-state index in [1.54, 1.807) is 11.1 Å². The van der Waals surface area contributed by atoms with Crippen LogP contribution in [0.15, 0.2) is 18.2 Å². The van der Waals surface area contributed by atoms with Crippen molar-refractivity contribution in [1.82, 2.24) is 10.2 Å². The Labute approximate surface area is 124 Å². The van der Waals surface area contributed by atoms with Crippen LogP contribution in [0.2, 0.25) is 0 Å². The number of hydrogen-bond donors (Lipinski definition) is 1. The predicted octanol–water partition coefficient (Wildman–Crippen LogP) is 3.56. The van der Waals surface area contributed by atoms with Crippen LogP contribution in [0.4, 0.5) is 0 Å². The second-order valence-electron chi connectivity index (χ2n) is 5.94. The zero-order valence-electron chi connectivity index (χ0n) is 13.4. The maximum Gasteiger partial charge on any atom is 0.0291 e. The van der Waals surface area contributed by atoms with Gasteiger partial charge in [-0.3, -0.25) is 0 Å². The summed E-state index contributed by atoms with van der Waals surface area (Å²) in [6.07, 6.45) is 5.13. The number of rotatable bonds is 8. The van der Waals surface area contributed by atoms with Gasteiger partial charge in [0.1, 0.15) is 0 Å². The van der Waals surface area contributed by atoms with Crippen molar-refractivity contribution in [2.24, 2.45) is 0 Å². The van der Waals surface area contributed by atoms with Crippen LogP contribution in [0.3, 0.4) is 0 Å². The summed E-state index contributed by atoms with van der Waals surface area (Å²) in [5, 5.41) is 3.67. The summed E-state index contributed by atoms with van der Waals surface area (Å²) in [6, 6.07) is 7.54. The third-order valence-corrected chi connectivity index (χ3v) is 4.62. The molecule has 20 heavy (non-hydrogen) atoms. The van der Waals surface area contributed by atoms with Crippen LogP contribution in [-0.2, 0) is 12.8 Å². The summed E-state index contributed by atoms with van der Waals surface area (Å²) in [5.74, 6) is 0. The second kappa shape index (κ2) is 7.80. The van der Waals surface area contributed by atoms with Gasteiger partial charge in [0.15, 0.2) is 0 Å². The first-order valence-electron chi connectivity index (χ1n) is 8.32. The SMILES string of the molecule is CCN(CC)CCCNC(C)c1ccc2c(c1)CCC2. The van der Waals surface area contributed by atoms with Gasteiger partial charge in [-0.05, 0) is 75.5 Å². The molecule has 0 fully saturated rings. The third-order valence-electron chi connectivity index (χ3n) is 4.62. The molecular formula is C18H30N2. The lowest BCUT2D eigenvalue weighted by molar-refractivity contribution is 0.296. The zero-order chi connectivity index (χ0) is 14.4. The Balaban J connectivity index is 1.76. The molecule has 1 aliphatic carbocycles. The van der Waals surface area contributed by atoms with E-state index in [1.807, 2.05) is 0 Å². The third kappa shape index (κ3) is 4.07. The summed E-state index contributed by atoms with van der Waals surface area (Å²) in [7, 11) is 0. The molecule has 1 aromatic carbocycles. The van der Waals surface area contributed by atoms with Crippen LogP contribution in [0, 0.1) is 0 Å². The first kappa shape index (κ1) is 15.5. The number of aryl methyl sites for hydroxylation is 2. The number of benzene rings is 1. The van der Waals surface area contributed by atoms with Crippen molar-refractivity contribution in [1.29, 1.82) is 0 Å². The molecule has 0 spiro atoms. The first-order valence-corrected chi connectivity index (χ1v) is 8.32. The van der Waals surface area contributed by atoms with Crippen molar-refractivity contribution in [3.63, 3.8) is 0 Å². The van der Waals surface area contributed by atoms with Crippen LogP contribution in [-0.4, -0.2) is 31.1 Å². The lowest BCUT2D eigenvalue weighted by Gasteiger charge is -2.19. The lowest BCUT2D eigenvalue weighted by Crippen LogP contribution is -2.28. The topological polar surface area (TPSA) is 15.3 Å². The van der Waals surface area contributed by atoms with Crippen molar-refractivity contribution >= 4 is 0 Å². The van der Waals surface area contributed by atoms with Gasteiger partial charge in [0.2, 0.25) is 0 Å². The molecule has 1 unspecified atom stereocenters. The van der Waals surface area contributed by atoms with E-state index in [2.05, 4.69) is 49.2 Å². The average Bonchev–Trinajstić information content (AvgIpc) is 2.94. The van der Waals surface area contributed by atoms with E-state index >= 15 is 0 Å². The molecule has 1 atom stereocenters. The van der Waals surface area contributed by atoms with E-state index < -0.39 is 0 Å². The van der Waals surface area contributed by atoms with Gasteiger partial charge in [-0.2, -0.15) is 0 Å². The van der Waals surface area contributed by atoms with E-state index in [4.69, 9.17) is 0 Å². The van der Waals surface area contributed by atoms with Crippen molar-refractivity contribution in [3.05, 3.63) is 34.9 Å². The number of fused-ring (bicyclic) bond motifs is 1. The van der Waals surface area contributed by atoms with Gasteiger partial charge < -0.3 is 10.2 Å². The normalized spacial score (nSPS) is 15.6. The van der Waals surface area contributed by atoms with Gasteiger partial charge in [-0.1, -0.05) is 32.0 Å². The van der Waals surface area contributed by atoms with Gasteiger partial charge in [0, 0.05) is 6.04 Å². The van der Waals surface area contributed by atoms with Crippen LogP contribution >= 0.6 is 0 Å². The van der Waals surface area contributed by atoms with Crippen molar-refractivity contribution in [2.75, 3.05) is 26.2 Å². The van der Waals surface area contributed by atoms with Crippen LogP contribution in [0.1, 0.15) is 56.3 Å². The fourth-order valence-corrected chi connectivity index (χ4v) is 3.14. The highest BCUT2D eigenvalue weighted by Crippen LogP contribution is 2.25. The summed E-state index contributed by atoms with van der Waals surface area (Å²) < 4.78 is 0. The van der Waals surface area contributed by atoms with Gasteiger partial charge in [-0.25, -0.2) is 0 Å². The first-order chi connectivity index (χ1) is 9.74. The minimum absolute atomic E-state index is 0.470. The fraction of sp³-hybridized carbons (Fsp3) is 0.667. The summed E-state index contributed by atoms with van der Waals surface area (Å²) >= 11 is 0. The maximum absolute atomic E-state index is 3.67. The Hall–Kier alpha value is -0.860. The molecule has 112 valence electrons. The smallest absolute Gasteiger partial charge is 0.0291 e. The van der Waals surface area contributed by atoms with Crippen LogP contribution < -0.4 is 5.32 Å². The molecule has 0 radical (unpaired) electrons. The Bertz CT molecular complexity index is 410. The number of nitrogens with one attached hydrogen (secondary N) is 1. The van der Waals surface area contributed by atoms with Crippen molar-refractivity contribution < 1.29 is 0 Å².